The van der Waals surface area contributed by atoms with Gasteiger partial charge in [0, 0.05) is 50.9 Å². The Kier molecular flexibility index (Phi) is 7.53. The van der Waals surface area contributed by atoms with E-state index in [0.717, 1.165) is 19.5 Å². The first-order valence-corrected chi connectivity index (χ1v) is 12.7. The van der Waals surface area contributed by atoms with E-state index in [1.54, 1.807) is 0 Å². The Bertz CT molecular complexity index is 1150. The number of carbonyl (C=O) groups excluding carboxylic acids is 1. The molecule has 2 unspecified atom stereocenters. The maximum Gasteiger partial charge on any atom is 0.223 e. The summed E-state index contributed by atoms with van der Waals surface area (Å²) in [7, 11) is 1.98. The monoisotopic (exact) mass is 475 g/mol. The molecule has 1 saturated heterocycles. The highest BCUT2D eigenvalue weighted by molar-refractivity contribution is 5.78. The maximum atomic E-state index is 13.6. The van der Waals surface area contributed by atoms with E-state index in [2.05, 4.69) is 101 Å². The second-order valence-electron chi connectivity index (χ2n) is 9.61. The summed E-state index contributed by atoms with van der Waals surface area (Å²) in [5.74, 6) is 0.244. The third-order valence-electron chi connectivity index (χ3n) is 7.42. The quantitative estimate of drug-likeness (QED) is 0.317. The lowest BCUT2D eigenvalue weighted by Crippen LogP contribution is -2.40. The van der Waals surface area contributed by atoms with E-state index in [1.165, 1.54) is 22.3 Å². The zero-order valence-electron chi connectivity index (χ0n) is 20.8. The number of hydrogen-bond donors (Lipinski definition) is 0. The molecule has 5 rings (SSSR count). The van der Waals surface area contributed by atoms with Gasteiger partial charge in [-0.1, -0.05) is 91.0 Å². The summed E-state index contributed by atoms with van der Waals surface area (Å²) in [6.07, 6.45) is 5.16. The van der Waals surface area contributed by atoms with Crippen LogP contribution in [-0.2, 0) is 4.79 Å². The average molecular weight is 476 g/mol. The number of hydrogen-bond acceptors (Lipinski definition) is 3. The van der Waals surface area contributed by atoms with Gasteiger partial charge in [-0.05, 0) is 40.8 Å². The molecule has 0 radical (unpaired) electrons. The van der Waals surface area contributed by atoms with Crippen LogP contribution in [0.4, 0.5) is 0 Å². The molecule has 2 atom stereocenters. The van der Waals surface area contributed by atoms with Gasteiger partial charge in [0.2, 0.25) is 5.91 Å². The smallest absolute Gasteiger partial charge is 0.223 e. The number of likely N-dealkylation sites (tertiary alicyclic amines) is 1. The highest BCUT2D eigenvalue weighted by Gasteiger charge is 2.34. The molecule has 0 N–H and O–H groups in total. The Hall–Kier alpha value is -3.76. The predicted octanol–water partition coefficient (Wildman–Crippen LogP) is 5.93. The zero-order chi connectivity index (χ0) is 24.7. The van der Waals surface area contributed by atoms with Gasteiger partial charge in [-0.2, -0.15) is 0 Å². The molecule has 0 aliphatic carbocycles. The van der Waals surface area contributed by atoms with Gasteiger partial charge in [-0.3, -0.25) is 14.7 Å². The van der Waals surface area contributed by atoms with Crippen LogP contribution in [0, 0.1) is 0 Å². The number of rotatable bonds is 8. The van der Waals surface area contributed by atoms with Crippen LogP contribution >= 0.6 is 0 Å². The minimum absolute atomic E-state index is 0.0498. The van der Waals surface area contributed by atoms with Crippen molar-refractivity contribution in [1.29, 1.82) is 0 Å². The average Bonchev–Trinajstić information content (AvgIpc) is 3.43. The molecule has 182 valence electrons. The van der Waals surface area contributed by atoms with Crippen molar-refractivity contribution in [2.45, 2.75) is 30.8 Å². The van der Waals surface area contributed by atoms with E-state index in [4.69, 9.17) is 0 Å². The summed E-state index contributed by atoms with van der Waals surface area (Å²) in [6.45, 7) is 1.80. The van der Waals surface area contributed by atoms with Crippen molar-refractivity contribution in [3.05, 3.63) is 138 Å². The molecule has 1 fully saturated rings. The first-order valence-electron chi connectivity index (χ1n) is 12.7. The van der Waals surface area contributed by atoms with Crippen LogP contribution in [0.5, 0.6) is 0 Å². The van der Waals surface area contributed by atoms with Gasteiger partial charge < -0.3 is 4.90 Å². The lowest BCUT2D eigenvalue weighted by molar-refractivity contribution is -0.132. The number of likely N-dealkylation sites (N-methyl/N-ethyl adjacent to an activating group) is 1. The van der Waals surface area contributed by atoms with Gasteiger partial charge in [0.25, 0.3) is 0 Å². The first-order chi connectivity index (χ1) is 17.7. The fraction of sp³-hybridized carbons (Fsp3) is 0.250. The largest absolute Gasteiger partial charge is 0.341 e. The SMILES string of the molecule is CN(C(=O)CC(c1ccccc1)c1ccccc1)C1CCN(C(c2ccccc2)c2ccncc2)C1. The van der Waals surface area contributed by atoms with Gasteiger partial charge in [-0.25, -0.2) is 0 Å². The molecule has 4 aromatic rings. The number of carbonyl (C=O) groups is 1. The Morgan fingerprint density at radius 3 is 1.86 bits per heavy atom. The van der Waals surface area contributed by atoms with E-state index >= 15 is 0 Å². The Balaban J connectivity index is 1.32. The van der Waals surface area contributed by atoms with Crippen LogP contribution < -0.4 is 0 Å². The van der Waals surface area contributed by atoms with Gasteiger partial charge in [0.05, 0.1) is 6.04 Å². The molecule has 1 aliphatic rings. The van der Waals surface area contributed by atoms with Gasteiger partial charge in [0.1, 0.15) is 0 Å². The van der Waals surface area contributed by atoms with Crippen LogP contribution in [0.15, 0.2) is 116 Å². The topological polar surface area (TPSA) is 36.4 Å². The molecular formula is C32H33N3O. The summed E-state index contributed by atoms with van der Waals surface area (Å²) >= 11 is 0. The van der Waals surface area contributed by atoms with Crippen molar-refractivity contribution in [3.63, 3.8) is 0 Å². The second kappa shape index (κ2) is 11.3. The molecule has 0 bridgehead atoms. The minimum atomic E-state index is 0.0498. The molecule has 0 spiro atoms. The molecule has 3 aromatic carbocycles. The van der Waals surface area contributed by atoms with Gasteiger partial charge >= 0.3 is 0 Å². The first kappa shape index (κ1) is 24.0. The summed E-state index contributed by atoms with van der Waals surface area (Å²) in [6, 6.07) is 36.0. The predicted molar refractivity (Wildman–Crippen MR) is 145 cm³/mol. The highest BCUT2D eigenvalue weighted by Crippen LogP contribution is 2.33. The van der Waals surface area contributed by atoms with E-state index in [-0.39, 0.29) is 23.9 Å². The van der Waals surface area contributed by atoms with Crippen molar-refractivity contribution in [2.24, 2.45) is 0 Å². The lowest BCUT2D eigenvalue weighted by atomic mass is 9.88. The molecule has 4 heteroatoms. The van der Waals surface area contributed by atoms with E-state index in [9.17, 15) is 4.79 Å². The number of nitrogens with zero attached hydrogens (tertiary/aromatic N) is 3. The molecule has 4 nitrogen and oxygen atoms in total. The van der Waals surface area contributed by atoms with E-state index in [0.29, 0.717) is 6.42 Å². The standard InChI is InChI=1S/C32H33N3O/c1-34(31(36)23-30(25-11-5-2-6-12-25)26-13-7-3-8-14-26)29-19-22-35(24-29)32(27-15-9-4-10-16-27)28-17-20-33-21-18-28/h2-18,20-21,29-30,32H,19,22-24H2,1H3. The van der Waals surface area contributed by atoms with Crippen LogP contribution in [-0.4, -0.2) is 46.9 Å². The maximum absolute atomic E-state index is 13.6. The van der Waals surface area contributed by atoms with E-state index < -0.39 is 0 Å². The molecule has 1 amide bonds. The summed E-state index contributed by atoms with van der Waals surface area (Å²) < 4.78 is 0. The molecular weight excluding hydrogens is 442 g/mol. The minimum Gasteiger partial charge on any atom is -0.341 e. The summed E-state index contributed by atoms with van der Waals surface area (Å²) in [4.78, 5) is 22.3. The Labute approximate surface area is 214 Å². The third-order valence-corrected chi connectivity index (χ3v) is 7.42. The lowest BCUT2D eigenvalue weighted by Gasteiger charge is -2.31. The summed E-state index contributed by atoms with van der Waals surface area (Å²) in [5, 5.41) is 0. The van der Waals surface area contributed by atoms with Crippen LogP contribution in [0.1, 0.15) is 47.1 Å². The molecule has 0 saturated carbocycles. The molecule has 1 aliphatic heterocycles. The van der Waals surface area contributed by atoms with Crippen LogP contribution in [0.25, 0.3) is 0 Å². The van der Waals surface area contributed by atoms with E-state index in [1.807, 2.05) is 36.5 Å². The third kappa shape index (κ3) is 5.39. The Morgan fingerprint density at radius 2 is 1.31 bits per heavy atom. The fourth-order valence-electron chi connectivity index (χ4n) is 5.43. The number of benzene rings is 3. The number of pyridine rings is 1. The molecule has 2 heterocycles. The number of aromatic nitrogens is 1. The number of amides is 1. The fourth-order valence-corrected chi connectivity index (χ4v) is 5.43. The van der Waals surface area contributed by atoms with Crippen molar-refractivity contribution < 1.29 is 4.79 Å². The van der Waals surface area contributed by atoms with Crippen molar-refractivity contribution >= 4 is 5.91 Å². The van der Waals surface area contributed by atoms with Crippen molar-refractivity contribution in [3.8, 4) is 0 Å². The zero-order valence-corrected chi connectivity index (χ0v) is 20.8. The highest BCUT2D eigenvalue weighted by atomic mass is 16.2. The van der Waals surface area contributed by atoms with Crippen LogP contribution in [0.2, 0.25) is 0 Å². The van der Waals surface area contributed by atoms with Crippen molar-refractivity contribution in [2.75, 3.05) is 20.1 Å². The van der Waals surface area contributed by atoms with Crippen LogP contribution in [0.3, 0.4) is 0 Å². The molecule has 36 heavy (non-hydrogen) atoms. The van der Waals surface area contributed by atoms with Gasteiger partial charge in [-0.15, -0.1) is 0 Å². The molecule has 1 aromatic heterocycles. The second-order valence-corrected chi connectivity index (χ2v) is 9.61. The Morgan fingerprint density at radius 1 is 0.806 bits per heavy atom. The van der Waals surface area contributed by atoms with Gasteiger partial charge in [0.15, 0.2) is 0 Å². The van der Waals surface area contributed by atoms with Crippen molar-refractivity contribution in [1.82, 2.24) is 14.8 Å². The summed E-state index contributed by atoms with van der Waals surface area (Å²) in [5.41, 5.74) is 4.87. The normalized spacial score (nSPS) is 16.7.